The number of nitrogens with zero attached hydrogens (tertiary/aromatic N) is 1. The number of fused-ring (bicyclic) bond motifs is 10. The lowest BCUT2D eigenvalue weighted by molar-refractivity contribution is 0.516. The Hall–Kier alpha value is -8.46. The predicted octanol–water partition coefficient (Wildman–Crippen LogP) is 17.1. The highest BCUT2D eigenvalue weighted by atomic mass is 16.3. The Balaban J connectivity index is 0.960. The minimum absolute atomic E-state index is 0.0292. The zero-order valence-corrected chi connectivity index (χ0v) is 36.0. The van der Waals surface area contributed by atoms with Gasteiger partial charge in [0, 0.05) is 44.1 Å². The van der Waals surface area contributed by atoms with Crippen molar-refractivity contribution < 1.29 is 4.42 Å². The van der Waals surface area contributed by atoms with Gasteiger partial charge in [-0.2, -0.15) is 0 Å². The van der Waals surface area contributed by atoms with Crippen molar-refractivity contribution in [3.8, 4) is 33.4 Å². The summed E-state index contributed by atoms with van der Waals surface area (Å²) in [6, 6.07) is 77.9. The topological polar surface area (TPSA) is 18.1 Å². The van der Waals surface area contributed by atoms with Gasteiger partial charge >= 0.3 is 0 Å². The number of furan rings is 1. The molecule has 2 atom stereocenters. The fourth-order valence-electron chi connectivity index (χ4n) is 11.6. The van der Waals surface area contributed by atoms with Crippen LogP contribution in [-0.2, 0) is 0 Å². The van der Waals surface area contributed by atoms with Crippen LogP contribution in [0.15, 0.2) is 247 Å². The SMILES string of the molecule is C1=CC2=C(c3cccc4c3oc3cc(-c5c6ccccc6c(-c6ccccc6)c6ccccc56)ccc34)c3ccccc3C(n3c4ccccc4c4cc(-c5ccccc5)ccc43)C2C=C1. The van der Waals surface area contributed by atoms with E-state index in [4.69, 9.17) is 4.42 Å². The number of aromatic nitrogens is 1. The molecule has 0 spiro atoms. The summed E-state index contributed by atoms with van der Waals surface area (Å²) in [6.07, 6.45) is 9.20. The molecule has 2 heterocycles. The van der Waals surface area contributed by atoms with Gasteiger partial charge in [0.1, 0.15) is 11.2 Å². The van der Waals surface area contributed by atoms with Gasteiger partial charge in [-0.3, -0.25) is 0 Å². The van der Waals surface area contributed by atoms with E-state index in [-0.39, 0.29) is 12.0 Å². The summed E-state index contributed by atoms with van der Waals surface area (Å²) in [5, 5.41) is 9.74. The molecule has 0 saturated heterocycles. The van der Waals surface area contributed by atoms with Crippen molar-refractivity contribution in [3.05, 3.63) is 259 Å². The van der Waals surface area contributed by atoms with Crippen LogP contribution in [0.2, 0.25) is 0 Å². The summed E-state index contributed by atoms with van der Waals surface area (Å²) in [5.74, 6) is 0.0827. The second kappa shape index (κ2) is 14.5. The number of rotatable bonds is 5. The van der Waals surface area contributed by atoms with Gasteiger partial charge in [0.15, 0.2) is 0 Å². The van der Waals surface area contributed by atoms with Crippen molar-refractivity contribution in [2.24, 2.45) is 5.92 Å². The van der Waals surface area contributed by atoms with E-state index in [1.807, 2.05) is 0 Å². The van der Waals surface area contributed by atoms with Crippen LogP contribution >= 0.6 is 0 Å². The van der Waals surface area contributed by atoms with Crippen LogP contribution in [0, 0.1) is 5.92 Å². The Bertz CT molecular complexity index is 3990. The second-order valence-corrected chi connectivity index (χ2v) is 17.8. The van der Waals surface area contributed by atoms with E-state index < -0.39 is 0 Å². The van der Waals surface area contributed by atoms with Crippen LogP contribution in [0.1, 0.15) is 22.7 Å². The van der Waals surface area contributed by atoms with E-state index in [9.17, 15) is 0 Å². The number of hydrogen-bond acceptors (Lipinski definition) is 1. The van der Waals surface area contributed by atoms with Crippen molar-refractivity contribution in [1.29, 1.82) is 0 Å². The van der Waals surface area contributed by atoms with Gasteiger partial charge < -0.3 is 8.98 Å². The van der Waals surface area contributed by atoms with Crippen molar-refractivity contribution in [3.63, 3.8) is 0 Å². The Morgan fingerprint density at radius 2 is 0.970 bits per heavy atom. The van der Waals surface area contributed by atoms with Crippen LogP contribution in [0.25, 0.3) is 104 Å². The standard InChI is InChI=1S/C64H41NO/c1-3-18-40(19-4-1)42-35-37-58-56(38-42)44-22-15-16-33-57(44)65(58)63-52-29-13-11-27-50(52)62(51-28-12-14-30-53(51)63)55-32-17-31-54-45-36-34-43(39-59(45)66-64(54)55)61-48-25-9-7-23-46(48)60(41-20-5-2-6-21-41)47-24-8-10-26-49(47)61/h1-39,52,63H. The Morgan fingerprint density at radius 1 is 0.379 bits per heavy atom. The quantitative estimate of drug-likeness (QED) is 0.158. The van der Waals surface area contributed by atoms with Crippen molar-refractivity contribution in [1.82, 2.24) is 4.57 Å². The summed E-state index contributed by atoms with van der Waals surface area (Å²) in [5.41, 5.74) is 17.8. The molecule has 10 aromatic carbocycles. The van der Waals surface area contributed by atoms with E-state index in [0.29, 0.717) is 0 Å². The van der Waals surface area contributed by atoms with E-state index in [1.54, 1.807) is 0 Å². The first-order valence-electron chi connectivity index (χ1n) is 23.0. The third-order valence-electron chi connectivity index (χ3n) is 14.4. The number of benzene rings is 10. The minimum atomic E-state index is 0.0292. The molecule has 0 radical (unpaired) electrons. The van der Waals surface area contributed by atoms with E-state index >= 15 is 0 Å². The molecule has 2 aliphatic carbocycles. The fraction of sp³-hybridized carbons (Fsp3) is 0.0312. The van der Waals surface area contributed by atoms with Crippen molar-refractivity contribution in [2.75, 3.05) is 0 Å². The first-order chi connectivity index (χ1) is 32.8. The Morgan fingerprint density at radius 3 is 1.73 bits per heavy atom. The third kappa shape index (κ3) is 5.42. The van der Waals surface area contributed by atoms with Crippen LogP contribution in [0.4, 0.5) is 0 Å². The molecule has 0 fully saturated rings. The molecule has 2 unspecified atom stereocenters. The van der Waals surface area contributed by atoms with E-state index in [0.717, 1.165) is 33.1 Å². The van der Waals surface area contributed by atoms with Crippen LogP contribution in [-0.4, -0.2) is 4.57 Å². The first kappa shape index (κ1) is 37.0. The van der Waals surface area contributed by atoms with Gasteiger partial charge in [-0.1, -0.05) is 206 Å². The summed E-state index contributed by atoms with van der Waals surface area (Å²) < 4.78 is 9.81. The lowest BCUT2D eigenvalue weighted by Crippen LogP contribution is -2.27. The summed E-state index contributed by atoms with van der Waals surface area (Å²) in [6.45, 7) is 0. The van der Waals surface area contributed by atoms with E-state index in [2.05, 4.69) is 241 Å². The average Bonchev–Trinajstić information content (AvgIpc) is 3.93. The Kier molecular flexibility index (Phi) is 8.14. The molecule has 0 N–H and O–H groups in total. The number of allylic oxidation sites excluding steroid dienone is 5. The summed E-state index contributed by atoms with van der Waals surface area (Å²) >= 11 is 0. The predicted molar refractivity (Wildman–Crippen MR) is 277 cm³/mol. The number of para-hydroxylation sites is 2. The largest absolute Gasteiger partial charge is 0.455 e. The monoisotopic (exact) mass is 839 g/mol. The van der Waals surface area contributed by atoms with Crippen LogP contribution in [0.3, 0.4) is 0 Å². The first-order valence-corrected chi connectivity index (χ1v) is 23.0. The van der Waals surface area contributed by atoms with E-state index in [1.165, 1.54) is 93.4 Å². The lowest BCUT2D eigenvalue weighted by atomic mass is 9.71. The van der Waals surface area contributed by atoms with Gasteiger partial charge in [-0.05, 0) is 108 Å². The van der Waals surface area contributed by atoms with Gasteiger partial charge in [0.25, 0.3) is 0 Å². The molecule has 0 saturated carbocycles. The zero-order valence-electron chi connectivity index (χ0n) is 36.0. The second-order valence-electron chi connectivity index (χ2n) is 17.8. The molecular weight excluding hydrogens is 799 g/mol. The van der Waals surface area contributed by atoms with Gasteiger partial charge in [0.05, 0.1) is 6.04 Å². The Labute approximate surface area is 382 Å². The van der Waals surface area contributed by atoms with Crippen molar-refractivity contribution in [2.45, 2.75) is 6.04 Å². The van der Waals surface area contributed by atoms with Gasteiger partial charge in [-0.25, -0.2) is 0 Å². The molecule has 2 aromatic heterocycles. The molecule has 2 aliphatic rings. The molecule has 14 rings (SSSR count). The molecule has 0 amide bonds. The minimum Gasteiger partial charge on any atom is -0.455 e. The fourth-order valence-corrected chi connectivity index (χ4v) is 11.6. The summed E-state index contributed by atoms with van der Waals surface area (Å²) in [4.78, 5) is 0. The maximum absolute atomic E-state index is 7.19. The molecular formula is C64H41NO. The van der Waals surface area contributed by atoms with Gasteiger partial charge in [-0.15, -0.1) is 0 Å². The smallest absolute Gasteiger partial charge is 0.143 e. The van der Waals surface area contributed by atoms with Crippen LogP contribution in [0.5, 0.6) is 0 Å². The highest BCUT2D eigenvalue weighted by molar-refractivity contribution is 6.22. The molecule has 2 nitrogen and oxygen atoms in total. The number of hydrogen-bond donors (Lipinski definition) is 0. The maximum atomic E-state index is 7.19. The molecule has 2 heteroatoms. The highest BCUT2D eigenvalue weighted by Gasteiger charge is 2.38. The van der Waals surface area contributed by atoms with Crippen LogP contribution < -0.4 is 0 Å². The summed E-state index contributed by atoms with van der Waals surface area (Å²) in [7, 11) is 0. The molecule has 0 aliphatic heterocycles. The molecule has 308 valence electrons. The lowest BCUT2D eigenvalue weighted by Gasteiger charge is -2.38. The zero-order chi connectivity index (χ0) is 43.3. The molecule has 66 heavy (non-hydrogen) atoms. The maximum Gasteiger partial charge on any atom is 0.143 e. The highest BCUT2D eigenvalue weighted by Crippen LogP contribution is 2.52. The van der Waals surface area contributed by atoms with Crippen molar-refractivity contribution >= 4 is 70.9 Å². The normalized spacial score (nSPS) is 15.7. The third-order valence-corrected chi connectivity index (χ3v) is 14.4. The molecule has 0 bridgehead atoms. The average molecular weight is 840 g/mol. The van der Waals surface area contributed by atoms with Gasteiger partial charge in [0.2, 0.25) is 0 Å². The molecule has 12 aromatic rings.